The van der Waals surface area contributed by atoms with E-state index in [0.29, 0.717) is 6.54 Å². The summed E-state index contributed by atoms with van der Waals surface area (Å²) in [5.74, 6) is 0. The first-order valence-electron chi connectivity index (χ1n) is 8.53. The van der Waals surface area contributed by atoms with Gasteiger partial charge in [0.15, 0.2) is 0 Å². The van der Waals surface area contributed by atoms with E-state index < -0.39 is 0 Å². The molecule has 0 bridgehead atoms. The summed E-state index contributed by atoms with van der Waals surface area (Å²) in [7, 11) is 0. The second kappa shape index (κ2) is 8.09. The fraction of sp³-hybridized carbons (Fsp3) is 0.733. The highest BCUT2D eigenvalue weighted by Crippen LogP contribution is 2.11. The van der Waals surface area contributed by atoms with Crippen molar-refractivity contribution in [2.45, 2.75) is 32.4 Å². The van der Waals surface area contributed by atoms with Crippen molar-refractivity contribution in [2.75, 3.05) is 39.3 Å². The van der Waals surface area contributed by atoms with Crippen LogP contribution >= 0.6 is 0 Å². The van der Waals surface area contributed by atoms with Gasteiger partial charge in [0.25, 0.3) is 0 Å². The van der Waals surface area contributed by atoms with E-state index in [4.69, 9.17) is 4.84 Å². The van der Waals surface area contributed by atoms with Crippen LogP contribution in [0.5, 0.6) is 0 Å². The van der Waals surface area contributed by atoms with Crippen LogP contribution in [0.3, 0.4) is 0 Å². The summed E-state index contributed by atoms with van der Waals surface area (Å²) in [4.78, 5) is 25.7. The van der Waals surface area contributed by atoms with Crippen LogP contribution in [0, 0.1) is 0 Å². The van der Waals surface area contributed by atoms with E-state index in [1.165, 1.54) is 0 Å². The molecule has 2 aliphatic rings. The molecule has 1 aromatic rings. The van der Waals surface area contributed by atoms with Crippen molar-refractivity contribution in [2.24, 2.45) is 5.16 Å². The van der Waals surface area contributed by atoms with Crippen LogP contribution in [0.4, 0.5) is 4.79 Å². The Kier molecular flexibility index (Phi) is 5.63. The minimum absolute atomic E-state index is 0.0144. The number of oxime groups is 1. The lowest BCUT2D eigenvalue weighted by atomic mass is 10.1. The molecule has 132 valence electrons. The molecule has 2 amide bonds. The van der Waals surface area contributed by atoms with E-state index in [9.17, 15) is 4.79 Å². The SMILES string of the molecule is CCC1=NO[C@H](CNC(=O)N2CCN(CCn3cncn3)CC2)C1. The highest BCUT2D eigenvalue weighted by molar-refractivity contribution is 5.85. The maximum atomic E-state index is 12.2. The summed E-state index contributed by atoms with van der Waals surface area (Å²) < 4.78 is 1.83. The number of piperazine rings is 1. The summed E-state index contributed by atoms with van der Waals surface area (Å²) in [5.41, 5.74) is 1.07. The molecule has 1 fully saturated rings. The summed E-state index contributed by atoms with van der Waals surface area (Å²) in [6, 6.07) is -0.0144. The summed E-state index contributed by atoms with van der Waals surface area (Å²) in [5, 5.41) is 11.1. The van der Waals surface area contributed by atoms with Gasteiger partial charge in [-0.2, -0.15) is 5.10 Å². The number of hydrogen-bond acceptors (Lipinski definition) is 6. The fourth-order valence-corrected chi connectivity index (χ4v) is 2.88. The van der Waals surface area contributed by atoms with Crippen LogP contribution in [0.1, 0.15) is 19.8 Å². The predicted molar refractivity (Wildman–Crippen MR) is 88.6 cm³/mol. The zero-order valence-corrected chi connectivity index (χ0v) is 14.1. The Hall–Kier alpha value is -2.16. The lowest BCUT2D eigenvalue weighted by Gasteiger charge is -2.34. The van der Waals surface area contributed by atoms with E-state index >= 15 is 0 Å². The van der Waals surface area contributed by atoms with Gasteiger partial charge in [-0.25, -0.2) is 9.78 Å². The van der Waals surface area contributed by atoms with Crippen LogP contribution < -0.4 is 5.32 Å². The fourth-order valence-electron chi connectivity index (χ4n) is 2.88. The van der Waals surface area contributed by atoms with E-state index in [-0.39, 0.29) is 12.1 Å². The second-order valence-electron chi connectivity index (χ2n) is 6.12. The molecule has 0 unspecified atom stereocenters. The van der Waals surface area contributed by atoms with Crippen molar-refractivity contribution >= 4 is 11.7 Å². The first-order chi connectivity index (χ1) is 11.7. The highest BCUT2D eigenvalue weighted by Gasteiger charge is 2.24. The molecule has 1 atom stereocenters. The lowest BCUT2D eigenvalue weighted by molar-refractivity contribution is 0.0827. The molecule has 2 aliphatic heterocycles. The van der Waals surface area contributed by atoms with Gasteiger partial charge in [-0.3, -0.25) is 9.58 Å². The van der Waals surface area contributed by atoms with Gasteiger partial charge in [-0.1, -0.05) is 12.1 Å². The first-order valence-corrected chi connectivity index (χ1v) is 8.53. The zero-order chi connectivity index (χ0) is 16.8. The van der Waals surface area contributed by atoms with Crippen molar-refractivity contribution in [3.8, 4) is 0 Å². The molecule has 3 heterocycles. The average Bonchev–Trinajstić information content (AvgIpc) is 3.29. The van der Waals surface area contributed by atoms with Gasteiger partial charge in [0.05, 0.1) is 18.8 Å². The standard InChI is InChI=1S/C15H25N7O2/c1-2-13-9-14(24-19-13)10-17-15(23)21-6-3-20(4-7-21)5-8-22-12-16-11-18-22/h11-12,14H,2-10H2,1H3,(H,17,23)/t14-/m0/s1. The summed E-state index contributed by atoms with van der Waals surface area (Å²) >= 11 is 0. The molecule has 0 radical (unpaired) electrons. The molecule has 1 N–H and O–H groups in total. The van der Waals surface area contributed by atoms with E-state index in [0.717, 1.165) is 57.8 Å². The Balaban J connectivity index is 1.32. The molecular formula is C15H25N7O2. The quantitative estimate of drug-likeness (QED) is 0.800. The Labute approximate surface area is 141 Å². The second-order valence-corrected chi connectivity index (χ2v) is 6.12. The number of hydrogen-bond donors (Lipinski definition) is 1. The Morgan fingerprint density at radius 3 is 2.83 bits per heavy atom. The molecule has 1 aromatic heterocycles. The molecule has 0 spiro atoms. The molecule has 1 saturated heterocycles. The number of carbonyl (C=O) groups excluding carboxylic acids is 1. The number of nitrogens with zero attached hydrogens (tertiary/aromatic N) is 6. The smallest absolute Gasteiger partial charge is 0.317 e. The number of urea groups is 1. The van der Waals surface area contributed by atoms with Gasteiger partial charge < -0.3 is 15.1 Å². The number of carbonyl (C=O) groups is 1. The topological polar surface area (TPSA) is 87.9 Å². The van der Waals surface area contributed by atoms with Crippen molar-refractivity contribution in [1.82, 2.24) is 29.9 Å². The maximum Gasteiger partial charge on any atom is 0.317 e. The van der Waals surface area contributed by atoms with Crippen LogP contribution in [0.2, 0.25) is 0 Å². The van der Waals surface area contributed by atoms with Gasteiger partial charge >= 0.3 is 6.03 Å². The largest absolute Gasteiger partial charge is 0.390 e. The van der Waals surface area contributed by atoms with E-state index in [2.05, 4.69) is 32.4 Å². The van der Waals surface area contributed by atoms with Crippen LogP contribution in [0.15, 0.2) is 17.8 Å². The minimum atomic E-state index is -0.0205. The van der Waals surface area contributed by atoms with Crippen LogP contribution in [-0.2, 0) is 11.4 Å². The van der Waals surface area contributed by atoms with Crippen molar-refractivity contribution in [1.29, 1.82) is 0 Å². The third-order valence-electron chi connectivity index (χ3n) is 4.45. The lowest BCUT2D eigenvalue weighted by Crippen LogP contribution is -2.53. The molecule has 9 nitrogen and oxygen atoms in total. The Morgan fingerprint density at radius 1 is 1.33 bits per heavy atom. The monoisotopic (exact) mass is 335 g/mol. The number of nitrogens with one attached hydrogen (secondary N) is 1. The molecule has 3 rings (SSSR count). The number of amides is 2. The summed E-state index contributed by atoms with van der Waals surface area (Å²) in [6.07, 6.45) is 4.97. The Bertz CT molecular complexity index is 552. The highest BCUT2D eigenvalue weighted by atomic mass is 16.6. The van der Waals surface area contributed by atoms with Crippen molar-refractivity contribution in [3.05, 3.63) is 12.7 Å². The third kappa shape index (κ3) is 4.44. The Morgan fingerprint density at radius 2 is 2.17 bits per heavy atom. The van der Waals surface area contributed by atoms with Crippen LogP contribution in [0.25, 0.3) is 0 Å². The summed E-state index contributed by atoms with van der Waals surface area (Å²) in [6.45, 7) is 7.56. The van der Waals surface area contributed by atoms with Gasteiger partial charge in [-0.05, 0) is 6.42 Å². The first kappa shape index (κ1) is 16.7. The number of rotatable bonds is 6. The molecule has 9 heteroatoms. The predicted octanol–water partition coefficient (Wildman–Crippen LogP) is 0.160. The minimum Gasteiger partial charge on any atom is -0.390 e. The molecule has 0 saturated carbocycles. The van der Waals surface area contributed by atoms with Gasteiger partial charge in [0.2, 0.25) is 0 Å². The third-order valence-corrected chi connectivity index (χ3v) is 4.45. The number of aromatic nitrogens is 3. The zero-order valence-electron chi connectivity index (χ0n) is 14.1. The van der Waals surface area contributed by atoms with E-state index in [1.807, 2.05) is 9.58 Å². The van der Waals surface area contributed by atoms with Crippen molar-refractivity contribution in [3.63, 3.8) is 0 Å². The normalized spacial score (nSPS) is 21.5. The van der Waals surface area contributed by atoms with Gasteiger partial charge in [-0.15, -0.1) is 0 Å². The van der Waals surface area contributed by atoms with E-state index in [1.54, 1.807) is 12.7 Å². The molecule has 0 aromatic carbocycles. The average molecular weight is 335 g/mol. The molecule has 24 heavy (non-hydrogen) atoms. The van der Waals surface area contributed by atoms with Crippen LogP contribution in [-0.4, -0.2) is 81.7 Å². The maximum absolute atomic E-state index is 12.2. The van der Waals surface area contributed by atoms with Gasteiger partial charge in [0, 0.05) is 39.1 Å². The van der Waals surface area contributed by atoms with Gasteiger partial charge in [0.1, 0.15) is 18.8 Å². The molecule has 0 aliphatic carbocycles. The molecular weight excluding hydrogens is 310 g/mol. The van der Waals surface area contributed by atoms with Crippen molar-refractivity contribution < 1.29 is 9.63 Å².